The Labute approximate surface area is 160 Å². The molecule has 2 aromatic carbocycles. The Balaban J connectivity index is 1.52. The van der Waals surface area contributed by atoms with Gasteiger partial charge in [-0.3, -0.25) is 4.79 Å². The van der Waals surface area contributed by atoms with E-state index in [4.69, 9.17) is 4.42 Å². The third kappa shape index (κ3) is 3.66. The van der Waals surface area contributed by atoms with Crippen LogP contribution in [0.1, 0.15) is 11.3 Å². The molecule has 1 fully saturated rings. The lowest BCUT2D eigenvalue weighted by atomic mass is 10.2. The first kappa shape index (κ1) is 17.2. The van der Waals surface area contributed by atoms with Crippen molar-refractivity contribution in [3.8, 4) is 0 Å². The molecule has 5 nitrogen and oxygen atoms in total. The fraction of sp³-hybridized carbons (Fsp3) is 0.0476. The monoisotopic (exact) mass is 376 g/mol. The summed E-state index contributed by atoms with van der Waals surface area (Å²) in [6, 6.07) is 20.1. The molecule has 3 amide bonds. The van der Waals surface area contributed by atoms with Gasteiger partial charge in [-0.2, -0.15) is 0 Å². The van der Waals surface area contributed by atoms with E-state index in [-0.39, 0.29) is 5.70 Å². The van der Waals surface area contributed by atoms with Crippen molar-refractivity contribution in [2.45, 2.75) is 16.9 Å². The topological polar surface area (TPSA) is 62.6 Å². The normalized spacial score (nSPS) is 15.4. The van der Waals surface area contributed by atoms with Gasteiger partial charge in [0, 0.05) is 11.0 Å². The lowest BCUT2D eigenvalue weighted by molar-refractivity contribution is -0.113. The molecule has 1 N–H and O–H groups in total. The van der Waals surface area contributed by atoms with E-state index in [1.807, 2.05) is 43.3 Å². The number of benzene rings is 2. The molecule has 1 aliphatic rings. The van der Waals surface area contributed by atoms with Crippen LogP contribution < -0.4 is 10.2 Å². The summed E-state index contributed by atoms with van der Waals surface area (Å²) < 4.78 is 5.77. The summed E-state index contributed by atoms with van der Waals surface area (Å²) in [7, 11) is 0. The molecule has 1 saturated heterocycles. The number of nitrogens with one attached hydrogen (secondary N) is 1. The van der Waals surface area contributed by atoms with Crippen LogP contribution in [0.15, 0.2) is 86.8 Å². The Kier molecular flexibility index (Phi) is 4.56. The zero-order valence-electron chi connectivity index (χ0n) is 14.5. The second-order valence-corrected chi connectivity index (χ2v) is 7.11. The van der Waals surface area contributed by atoms with E-state index in [1.165, 1.54) is 17.3 Å². The van der Waals surface area contributed by atoms with Gasteiger partial charge >= 0.3 is 6.03 Å². The highest BCUT2D eigenvalue weighted by Gasteiger charge is 2.34. The highest BCUT2D eigenvalue weighted by atomic mass is 32.2. The molecule has 3 aromatic rings. The first-order valence-electron chi connectivity index (χ1n) is 8.37. The Morgan fingerprint density at radius 1 is 0.963 bits per heavy atom. The van der Waals surface area contributed by atoms with E-state index >= 15 is 0 Å². The summed E-state index contributed by atoms with van der Waals surface area (Å²) in [5.41, 5.74) is 1.91. The first-order chi connectivity index (χ1) is 13.1. The van der Waals surface area contributed by atoms with Crippen LogP contribution in [0.5, 0.6) is 0 Å². The van der Waals surface area contributed by atoms with Crippen LogP contribution in [0, 0.1) is 6.92 Å². The molecule has 0 atom stereocenters. The maximum Gasteiger partial charge on any atom is 0.333 e. The predicted molar refractivity (Wildman–Crippen MR) is 104 cm³/mol. The third-order valence-electron chi connectivity index (χ3n) is 4.02. The molecule has 1 aliphatic heterocycles. The van der Waals surface area contributed by atoms with E-state index in [1.54, 1.807) is 36.4 Å². The fourth-order valence-electron chi connectivity index (χ4n) is 2.68. The number of carbonyl (C=O) groups excluding carboxylic acids is 2. The number of furan rings is 1. The number of carbonyl (C=O) groups is 2. The van der Waals surface area contributed by atoms with E-state index < -0.39 is 11.9 Å². The molecule has 0 aliphatic carbocycles. The van der Waals surface area contributed by atoms with Gasteiger partial charge in [0.1, 0.15) is 11.5 Å². The second kappa shape index (κ2) is 7.17. The highest BCUT2D eigenvalue weighted by Crippen LogP contribution is 2.30. The number of aryl methyl sites for hydroxylation is 1. The van der Waals surface area contributed by atoms with E-state index in [9.17, 15) is 9.59 Å². The van der Waals surface area contributed by atoms with Crippen LogP contribution in [0.4, 0.5) is 10.5 Å². The maximum absolute atomic E-state index is 12.6. The molecule has 0 spiro atoms. The summed E-state index contributed by atoms with van der Waals surface area (Å²) in [4.78, 5) is 26.9. The zero-order chi connectivity index (χ0) is 18.8. The molecule has 4 rings (SSSR count). The van der Waals surface area contributed by atoms with Crippen LogP contribution >= 0.6 is 11.8 Å². The Morgan fingerprint density at radius 3 is 2.44 bits per heavy atom. The maximum atomic E-state index is 12.6. The van der Waals surface area contributed by atoms with Crippen molar-refractivity contribution < 1.29 is 14.0 Å². The molecule has 0 bridgehead atoms. The lowest BCUT2D eigenvalue weighted by Gasteiger charge is -2.10. The Bertz CT molecular complexity index is 1020. The molecule has 27 heavy (non-hydrogen) atoms. The summed E-state index contributed by atoms with van der Waals surface area (Å²) in [5.74, 6) is 0.0958. The minimum atomic E-state index is -0.474. The van der Waals surface area contributed by atoms with Crippen LogP contribution in [0.25, 0.3) is 6.08 Å². The lowest BCUT2D eigenvalue weighted by Crippen LogP contribution is -2.30. The van der Waals surface area contributed by atoms with E-state index in [0.717, 1.165) is 9.80 Å². The quantitative estimate of drug-likeness (QED) is 0.523. The van der Waals surface area contributed by atoms with Gasteiger partial charge in [0.2, 0.25) is 0 Å². The molecule has 1 aromatic heterocycles. The van der Waals surface area contributed by atoms with Crippen molar-refractivity contribution >= 4 is 35.5 Å². The van der Waals surface area contributed by atoms with Gasteiger partial charge in [-0.1, -0.05) is 47.7 Å². The van der Waals surface area contributed by atoms with Crippen LogP contribution in [0.2, 0.25) is 0 Å². The van der Waals surface area contributed by atoms with Crippen LogP contribution in [0.3, 0.4) is 0 Å². The van der Waals surface area contributed by atoms with Crippen LogP contribution in [-0.4, -0.2) is 11.9 Å². The van der Waals surface area contributed by atoms with Crippen molar-refractivity contribution in [3.05, 3.63) is 83.8 Å². The predicted octanol–water partition coefficient (Wildman–Crippen LogP) is 4.84. The minimum absolute atomic E-state index is 0.185. The molecule has 6 heteroatoms. The summed E-state index contributed by atoms with van der Waals surface area (Å²) >= 11 is 1.50. The number of para-hydroxylation sites is 1. The highest BCUT2D eigenvalue weighted by molar-refractivity contribution is 7.99. The van der Waals surface area contributed by atoms with Crippen molar-refractivity contribution in [2.75, 3.05) is 4.90 Å². The average Bonchev–Trinajstić information content (AvgIpc) is 3.22. The number of amides is 3. The minimum Gasteiger partial charge on any atom is -0.450 e. The number of urea groups is 1. The van der Waals surface area contributed by atoms with Gasteiger partial charge in [-0.05, 0) is 43.3 Å². The average molecular weight is 376 g/mol. The van der Waals surface area contributed by atoms with Crippen molar-refractivity contribution in [1.82, 2.24) is 5.32 Å². The molecule has 0 unspecified atom stereocenters. The standard InChI is InChI=1S/C21H16N2O3S/c1-14-7-10-17(11-8-14)27-19-12-9-16(26-19)13-18-20(24)23(21(25)22-18)15-5-3-2-4-6-15/h2-13H,1H3,(H,22,25)/b18-13-. The van der Waals surface area contributed by atoms with Crippen LogP contribution in [-0.2, 0) is 4.79 Å². The molecular weight excluding hydrogens is 360 g/mol. The van der Waals surface area contributed by atoms with Gasteiger partial charge in [-0.15, -0.1) is 0 Å². The fourth-order valence-corrected chi connectivity index (χ4v) is 3.46. The van der Waals surface area contributed by atoms with Gasteiger partial charge in [0.15, 0.2) is 5.09 Å². The van der Waals surface area contributed by atoms with Gasteiger partial charge in [-0.25, -0.2) is 9.69 Å². The van der Waals surface area contributed by atoms with Crippen molar-refractivity contribution in [2.24, 2.45) is 0 Å². The molecule has 2 heterocycles. The number of imide groups is 1. The molecular formula is C21H16N2O3S. The third-order valence-corrected chi connectivity index (χ3v) is 4.95. The largest absolute Gasteiger partial charge is 0.450 e. The van der Waals surface area contributed by atoms with E-state index in [0.29, 0.717) is 16.5 Å². The first-order valence-corrected chi connectivity index (χ1v) is 9.18. The molecule has 0 saturated carbocycles. The van der Waals surface area contributed by atoms with Gasteiger partial charge in [0.05, 0.1) is 5.69 Å². The number of nitrogens with zero attached hydrogens (tertiary/aromatic N) is 1. The van der Waals surface area contributed by atoms with Gasteiger partial charge in [0.25, 0.3) is 5.91 Å². The number of hydrogen-bond acceptors (Lipinski definition) is 4. The SMILES string of the molecule is Cc1ccc(Sc2ccc(/C=C3\NC(=O)N(c4ccccc4)C3=O)o2)cc1. The zero-order valence-corrected chi connectivity index (χ0v) is 15.3. The number of hydrogen-bond donors (Lipinski definition) is 1. The van der Waals surface area contributed by atoms with Gasteiger partial charge < -0.3 is 9.73 Å². The smallest absolute Gasteiger partial charge is 0.333 e. The van der Waals surface area contributed by atoms with Crippen molar-refractivity contribution in [1.29, 1.82) is 0 Å². The molecule has 0 radical (unpaired) electrons. The molecule has 134 valence electrons. The summed E-state index contributed by atoms with van der Waals surface area (Å²) in [6.45, 7) is 2.04. The van der Waals surface area contributed by atoms with Crippen molar-refractivity contribution in [3.63, 3.8) is 0 Å². The summed E-state index contributed by atoms with van der Waals surface area (Å²) in [6.07, 6.45) is 1.54. The number of anilines is 1. The summed E-state index contributed by atoms with van der Waals surface area (Å²) in [5, 5.41) is 3.31. The second-order valence-electron chi connectivity index (χ2n) is 6.04. The Hall–Kier alpha value is -3.25. The Morgan fingerprint density at radius 2 is 1.70 bits per heavy atom. The number of rotatable bonds is 4. The van der Waals surface area contributed by atoms with E-state index in [2.05, 4.69) is 5.32 Å².